The van der Waals surface area contributed by atoms with E-state index in [1.54, 1.807) is 0 Å². The van der Waals surface area contributed by atoms with Gasteiger partial charge in [0.2, 0.25) is 11.4 Å². The summed E-state index contributed by atoms with van der Waals surface area (Å²) in [6.07, 6.45) is 2.98. The Kier molecular flexibility index (Phi) is 5.12. The molecule has 1 heterocycles. The summed E-state index contributed by atoms with van der Waals surface area (Å²) >= 11 is 0. The molecule has 2 aromatic rings. The summed E-state index contributed by atoms with van der Waals surface area (Å²) in [4.78, 5) is 0. The Balaban J connectivity index is 1.78. The van der Waals surface area contributed by atoms with Crippen molar-refractivity contribution in [2.75, 3.05) is 25.7 Å². The van der Waals surface area contributed by atoms with Crippen molar-refractivity contribution in [1.82, 2.24) is 0 Å². The molecule has 2 aromatic carbocycles. The van der Waals surface area contributed by atoms with Crippen LogP contribution in [0.2, 0.25) is 0 Å². The van der Waals surface area contributed by atoms with Crippen molar-refractivity contribution < 1.29 is 9.31 Å². The second kappa shape index (κ2) is 7.32. The van der Waals surface area contributed by atoms with Crippen LogP contribution in [0.4, 0.5) is 11.4 Å². The van der Waals surface area contributed by atoms with Crippen LogP contribution in [0.1, 0.15) is 32.8 Å². The van der Waals surface area contributed by atoms with Crippen molar-refractivity contribution in [3.63, 3.8) is 0 Å². The zero-order chi connectivity index (χ0) is 18.7. The molecule has 0 aromatic heterocycles. The van der Waals surface area contributed by atoms with Crippen LogP contribution >= 0.6 is 0 Å². The van der Waals surface area contributed by atoms with Gasteiger partial charge < -0.3 is 4.74 Å². The molecule has 0 fully saturated rings. The van der Waals surface area contributed by atoms with E-state index >= 15 is 0 Å². The van der Waals surface area contributed by atoms with Gasteiger partial charge in [-0.05, 0) is 44.5 Å². The average molecular weight is 350 g/mol. The highest BCUT2D eigenvalue weighted by Crippen LogP contribution is 2.38. The zero-order valence-corrected chi connectivity index (χ0v) is 16.4. The summed E-state index contributed by atoms with van der Waals surface area (Å²) < 4.78 is 7.87. The van der Waals surface area contributed by atoms with Crippen molar-refractivity contribution >= 4 is 23.3 Å². The summed E-state index contributed by atoms with van der Waals surface area (Å²) in [5.74, 6) is 0.898. The summed E-state index contributed by atoms with van der Waals surface area (Å²) in [5, 5.41) is 6.58. The molecular weight excluding hydrogens is 322 g/mol. The molecule has 0 amide bonds. The summed E-state index contributed by atoms with van der Waals surface area (Å²) in [5.41, 5.74) is 4.74. The van der Waals surface area contributed by atoms with Gasteiger partial charge in [-0.3, -0.25) is 5.01 Å². The van der Waals surface area contributed by atoms with Crippen LogP contribution in [-0.2, 0) is 5.41 Å². The minimum atomic E-state index is -0.0620. The number of anilines is 1. The Hall–Kier alpha value is -2.62. The number of para-hydroxylation sites is 1. The minimum Gasteiger partial charge on any atom is -0.494 e. The molecule has 0 N–H and O–H groups in total. The molecule has 0 bridgehead atoms. The summed E-state index contributed by atoms with van der Waals surface area (Å²) in [6, 6.07) is 16.6. The lowest BCUT2D eigenvalue weighted by atomic mass is 9.82. The minimum absolute atomic E-state index is 0.0620. The first kappa shape index (κ1) is 18.2. The molecule has 26 heavy (non-hydrogen) atoms. The first-order chi connectivity index (χ1) is 12.4. The third-order valence-corrected chi connectivity index (χ3v) is 4.98. The van der Waals surface area contributed by atoms with E-state index in [2.05, 4.69) is 61.8 Å². The van der Waals surface area contributed by atoms with E-state index in [0.717, 1.165) is 24.5 Å². The number of benzene rings is 2. The first-order valence-electron chi connectivity index (χ1n) is 9.16. The molecule has 4 nitrogen and oxygen atoms in total. The van der Waals surface area contributed by atoms with E-state index in [0.29, 0.717) is 0 Å². The number of hydrogen-bond acceptors (Lipinski definition) is 3. The normalized spacial score (nSPS) is 15.4. The van der Waals surface area contributed by atoms with Crippen LogP contribution in [0.15, 0.2) is 53.6 Å². The lowest BCUT2D eigenvalue weighted by Gasteiger charge is -2.17. The standard InChI is InChI=1S/C22H28N3O/c1-6-15-26-18-13-11-17(12-14-18)25(5)23-16-21-22(2,3)19-9-7-8-10-20(19)24(21)4/h7-14,16H,6,15H2,1-5H3/q+1. The van der Waals surface area contributed by atoms with Gasteiger partial charge in [0.05, 0.1) is 17.7 Å². The van der Waals surface area contributed by atoms with E-state index in [1.165, 1.54) is 17.0 Å². The monoisotopic (exact) mass is 350 g/mol. The van der Waals surface area contributed by atoms with Crippen LogP contribution in [0.25, 0.3) is 0 Å². The topological polar surface area (TPSA) is 27.8 Å². The fourth-order valence-electron chi connectivity index (χ4n) is 3.42. The van der Waals surface area contributed by atoms with Crippen molar-refractivity contribution in [3.05, 3.63) is 54.1 Å². The molecule has 136 valence electrons. The van der Waals surface area contributed by atoms with E-state index < -0.39 is 0 Å². The maximum Gasteiger partial charge on any atom is 0.212 e. The number of ether oxygens (including phenoxy) is 1. The average Bonchev–Trinajstić information content (AvgIpc) is 2.85. The second-order valence-electron chi connectivity index (χ2n) is 7.20. The third-order valence-electron chi connectivity index (χ3n) is 4.98. The van der Waals surface area contributed by atoms with Crippen molar-refractivity contribution in [2.24, 2.45) is 5.10 Å². The van der Waals surface area contributed by atoms with E-state index in [-0.39, 0.29) is 5.41 Å². The lowest BCUT2D eigenvalue weighted by molar-refractivity contribution is -0.400. The molecule has 0 radical (unpaired) electrons. The van der Waals surface area contributed by atoms with Gasteiger partial charge in [0.1, 0.15) is 19.0 Å². The van der Waals surface area contributed by atoms with Gasteiger partial charge in [-0.25, -0.2) is 0 Å². The third kappa shape index (κ3) is 3.36. The molecule has 0 spiro atoms. The molecule has 0 saturated heterocycles. The number of hydrogen-bond donors (Lipinski definition) is 0. The lowest BCUT2D eigenvalue weighted by Crippen LogP contribution is -2.30. The SMILES string of the molecule is CCCOc1ccc(N(C)/N=C/C2=[N+](C)c3ccccc3C2(C)C)cc1. The van der Waals surface area contributed by atoms with Gasteiger partial charge >= 0.3 is 0 Å². The maximum absolute atomic E-state index is 5.64. The Morgan fingerprint density at radius 2 is 1.81 bits per heavy atom. The van der Waals surface area contributed by atoms with E-state index in [4.69, 9.17) is 4.74 Å². The number of nitrogens with zero attached hydrogens (tertiary/aromatic N) is 3. The van der Waals surface area contributed by atoms with Gasteiger partial charge in [-0.15, -0.1) is 0 Å². The van der Waals surface area contributed by atoms with Crippen LogP contribution in [0.3, 0.4) is 0 Å². The Morgan fingerprint density at radius 1 is 1.12 bits per heavy atom. The predicted molar refractivity (Wildman–Crippen MR) is 109 cm³/mol. The molecule has 1 aliphatic heterocycles. The van der Waals surface area contributed by atoms with Gasteiger partial charge in [0, 0.05) is 18.7 Å². The first-order valence-corrected chi connectivity index (χ1v) is 9.16. The second-order valence-corrected chi connectivity index (χ2v) is 7.20. The molecule has 3 rings (SSSR count). The molecule has 0 atom stereocenters. The number of rotatable bonds is 6. The molecular formula is C22H28N3O+. The fraction of sp³-hybridized carbons (Fsp3) is 0.364. The molecule has 0 saturated carbocycles. The van der Waals surface area contributed by atoms with Gasteiger partial charge in [-0.2, -0.15) is 9.68 Å². The quantitative estimate of drug-likeness (QED) is 0.432. The van der Waals surface area contributed by atoms with E-state index in [1.807, 2.05) is 42.5 Å². The molecule has 4 heteroatoms. The Morgan fingerprint density at radius 3 is 2.46 bits per heavy atom. The van der Waals surface area contributed by atoms with Crippen LogP contribution in [0.5, 0.6) is 5.75 Å². The molecule has 0 aliphatic carbocycles. The predicted octanol–water partition coefficient (Wildman–Crippen LogP) is 4.60. The number of hydrazone groups is 1. The highest BCUT2D eigenvalue weighted by Gasteiger charge is 2.43. The van der Waals surface area contributed by atoms with Gasteiger partial charge in [0.25, 0.3) is 0 Å². The smallest absolute Gasteiger partial charge is 0.212 e. The van der Waals surface area contributed by atoms with E-state index in [9.17, 15) is 0 Å². The molecule has 1 aliphatic rings. The number of fused-ring (bicyclic) bond motifs is 1. The fourth-order valence-corrected chi connectivity index (χ4v) is 3.42. The maximum atomic E-state index is 5.64. The zero-order valence-electron chi connectivity index (χ0n) is 16.4. The van der Waals surface area contributed by atoms with Crippen molar-refractivity contribution in [3.8, 4) is 5.75 Å². The van der Waals surface area contributed by atoms with Crippen LogP contribution in [0, 0.1) is 0 Å². The Labute approximate surface area is 156 Å². The highest BCUT2D eigenvalue weighted by atomic mass is 16.5. The summed E-state index contributed by atoms with van der Waals surface area (Å²) in [6.45, 7) is 7.34. The van der Waals surface area contributed by atoms with Crippen molar-refractivity contribution in [1.29, 1.82) is 0 Å². The van der Waals surface area contributed by atoms with Crippen LogP contribution in [-0.4, -0.2) is 37.2 Å². The van der Waals surface area contributed by atoms with Crippen molar-refractivity contribution in [2.45, 2.75) is 32.6 Å². The summed E-state index contributed by atoms with van der Waals surface area (Å²) in [7, 11) is 4.07. The molecule has 0 unspecified atom stereocenters. The largest absolute Gasteiger partial charge is 0.494 e. The van der Waals surface area contributed by atoms with Crippen LogP contribution < -0.4 is 9.75 Å². The Bertz CT molecular complexity index is 835. The van der Waals surface area contributed by atoms with Gasteiger partial charge in [0.15, 0.2) is 0 Å². The van der Waals surface area contributed by atoms with Gasteiger partial charge in [-0.1, -0.05) is 25.1 Å². The highest BCUT2D eigenvalue weighted by molar-refractivity contribution is 6.33.